The minimum absolute atomic E-state index is 0.195. The van der Waals surface area contributed by atoms with E-state index in [0.717, 1.165) is 41.6 Å². The Kier molecular flexibility index (Phi) is 5.37. The van der Waals surface area contributed by atoms with E-state index in [0.29, 0.717) is 23.1 Å². The number of amides is 1. The summed E-state index contributed by atoms with van der Waals surface area (Å²) in [5, 5.41) is 3.02. The van der Waals surface area contributed by atoms with E-state index in [1.807, 2.05) is 6.07 Å². The molecule has 1 saturated carbocycles. The number of carbonyl (C=O) groups is 1. The van der Waals surface area contributed by atoms with Crippen LogP contribution in [0, 0.1) is 5.92 Å². The molecule has 0 aliphatic heterocycles. The van der Waals surface area contributed by atoms with Gasteiger partial charge in [0.05, 0.1) is 18.1 Å². The van der Waals surface area contributed by atoms with Gasteiger partial charge in [0, 0.05) is 17.8 Å². The zero-order chi connectivity index (χ0) is 20.5. The van der Waals surface area contributed by atoms with Gasteiger partial charge in [0.2, 0.25) is 0 Å². The van der Waals surface area contributed by atoms with Crippen molar-refractivity contribution >= 4 is 22.7 Å². The molecule has 3 aromatic rings. The van der Waals surface area contributed by atoms with Crippen molar-refractivity contribution in [3.05, 3.63) is 53.7 Å². The minimum atomic E-state index is -0.245. The Morgan fingerprint density at radius 1 is 1.24 bits per heavy atom. The summed E-state index contributed by atoms with van der Waals surface area (Å²) in [4.78, 5) is 21.8. The average Bonchev–Trinajstić information content (AvgIpc) is 3.11. The number of nitrogens with zero attached hydrogens (tertiary/aromatic N) is 2. The molecule has 3 aromatic heterocycles. The lowest BCUT2D eigenvalue weighted by atomic mass is 9.76. The molecule has 0 unspecified atom stereocenters. The van der Waals surface area contributed by atoms with Gasteiger partial charge in [-0.2, -0.15) is 0 Å². The number of pyridine rings is 2. The van der Waals surface area contributed by atoms with Gasteiger partial charge in [-0.05, 0) is 60.8 Å². The summed E-state index contributed by atoms with van der Waals surface area (Å²) >= 11 is 0. The van der Waals surface area contributed by atoms with Crippen LogP contribution in [0.3, 0.4) is 0 Å². The molecule has 1 aliphatic rings. The Balaban J connectivity index is 1.61. The number of hydrogen-bond acceptors (Lipinski definition) is 5. The topological polar surface area (TPSA) is 94.0 Å². The Bertz CT molecular complexity index is 1020. The number of nitrogens with one attached hydrogen (secondary N) is 1. The van der Waals surface area contributed by atoms with Crippen LogP contribution >= 0.6 is 0 Å². The molecule has 29 heavy (non-hydrogen) atoms. The first-order valence-electron chi connectivity index (χ1n) is 10.3. The highest BCUT2D eigenvalue weighted by molar-refractivity contribution is 6.04. The van der Waals surface area contributed by atoms with Gasteiger partial charge in [-0.1, -0.05) is 20.8 Å². The second-order valence-corrected chi connectivity index (χ2v) is 8.58. The molecule has 0 bridgehead atoms. The summed E-state index contributed by atoms with van der Waals surface area (Å²) in [5.74, 6) is 0.915. The van der Waals surface area contributed by atoms with Gasteiger partial charge in [-0.3, -0.25) is 9.78 Å². The van der Waals surface area contributed by atoms with Crippen LogP contribution in [-0.4, -0.2) is 21.9 Å². The zero-order valence-electron chi connectivity index (χ0n) is 17.2. The highest BCUT2D eigenvalue weighted by atomic mass is 16.3. The van der Waals surface area contributed by atoms with Crippen LogP contribution in [0.1, 0.15) is 73.5 Å². The van der Waals surface area contributed by atoms with Crippen LogP contribution in [0.2, 0.25) is 0 Å². The van der Waals surface area contributed by atoms with E-state index in [1.165, 1.54) is 0 Å². The van der Waals surface area contributed by atoms with E-state index in [1.54, 1.807) is 30.8 Å². The summed E-state index contributed by atoms with van der Waals surface area (Å²) in [7, 11) is 0. The molecule has 0 saturated heterocycles. The summed E-state index contributed by atoms with van der Waals surface area (Å²) in [6.45, 7) is 6.40. The van der Waals surface area contributed by atoms with Crippen LogP contribution < -0.4 is 11.1 Å². The highest BCUT2D eigenvalue weighted by Gasteiger charge is 2.27. The molecule has 6 heteroatoms. The molecule has 4 rings (SSSR count). The van der Waals surface area contributed by atoms with Crippen LogP contribution in [0.4, 0.5) is 5.69 Å². The molecule has 1 aliphatic carbocycles. The molecule has 0 spiro atoms. The molecule has 3 N–H and O–H groups in total. The highest BCUT2D eigenvalue weighted by Crippen LogP contribution is 2.38. The second kappa shape index (κ2) is 7.95. The zero-order valence-corrected chi connectivity index (χ0v) is 17.2. The lowest BCUT2D eigenvalue weighted by Gasteiger charge is -2.32. The normalized spacial score (nSPS) is 22.2. The van der Waals surface area contributed by atoms with Gasteiger partial charge in [-0.15, -0.1) is 0 Å². The number of nitrogens with two attached hydrogens (primary N) is 1. The van der Waals surface area contributed by atoms with E-state index in [4.69, 9.17) is 10.2 Å². The molecule has 0 radical (unpaired) electrons. The number of carbonyl (C=O) groups excluding carboxylic acids is 1. The van der Waals surface area contributed by atoms with Crippen molar-refractivity contribution < 1.29 is 9.21 Å². The SMILES string of the molecule is CC(C)c1coc2ccc(C(=O)Nc3cnccc3[C@@H]3C[C@H](C)C[C@@H](N)C3)nc12. The van der Waals surface area contributed by atoms with E-state index < -0.39 is 0 Å². The van der Waals surface area contributed by atoms with Crippen LogP contribution in [-0.2, 0) is 0 Å². The summed E-state index contributed by atoms with van der Waals surface area (Å²) in [6, 6.07) is 5.68. The lowest BCUT2D eigenvalue weighted by Crippen LogP contribution is -2.31. The fraction of sp³-hybridized carbons (Fsp3) is 0.435. The standard InChI is InChI=1S/C23H28N4O2/c1-13(2)18-12-29-21-5-4-19(26-22(18)21)23(28)27-20-11-25-7-6-17(20)15-8-14(3)9-16(24)10-15/h4-7,11-16H,8-10,24H2,1-3H3,(H,27,28)/t14-,15+,16+/m0/s1. The number of furan rings is 1. The van der Waals surface area contributed by atoms with Gasteiger partial charge in [0.15, 0.2) is 5.58 Å². The molecule has 3 atom stereocenters. The number of aromatic nitrogens is 2. The maximum atomic E-state index is 13.0. The molecule has 1 amide bonds. The van der Waals surface area contributed by atoms with Crippen molar-refractivity contribution in [3.63, 3.8) is 0 Å². The smallest absolute Gasteiger partial charge is 0.274 e. The first kappa shape index (κ1) is 19.6. The molecule has 0 aromatic carbocycles. The Morgan fingerprint density at radius 2 is 2.07 bits per heavy atom. The molecular formula is C23H28N4O2. The fourth-order valence-corrected chi connectivity index (χ4v) is 4.43. The third kappa shape index (κ3) is 4.03. The first-order valence-corrected chi connectivity index (χ1v) is 10.3. The van der Waals surface area contributed by atoms with Gasteiger partial charge < -0.3 is 15.5 Å². The van der Waals surface area contributed by atoms with Gasteiger partial charge in [-0.25, -0.2) is 4.98 Å². The van der Waals surface area contributed by atoms with Gasteiger partial charge in [0.1, 0.15) is 11.2 Å². The van der Waals surface area contributed by atoms with Crippen LogP contribution in [0.25, 0.3) is 11.1 Å². The molecular weight excluding hydrogens is 364 g/mol. The van der Waals surface area contributed by atoms with Crippen LogP contribution in [0.15, 0.2) is 41.3 Å². The van der Waals surface area contributed by atoms with Gasteiger partial charge in [0.25, 0.3) is 5.91 Å². The van der Waals surface area contributed by atoms with Crippen molar-refractivity contribution in [2.75, 3.05) is 5.32 Å². The van der Waals surface area contributed by atoms with E-state index in [-0.39, 0.29) is 17.9 Å². The van der Waals surface area contributed by atoms with E-state index >= 15 is 0 Å². The minimum Gasteiger partial charge on any atom is -0.462 e. The number of anilines is 1. The Labute approximate surface area is 170 Å². The molecule has 152 valence electrons. The molecule has 6 nitrogen and oxygen atoms in total. The van der Waals surface area contributed by atoms with Crippen molar-refractivity contribution in [2.24, 2.45) is 11.7 Å². The third-order valence-corrected chi connectivity index (χ3v) is 5.82. The van der Waals surface area contributed by atoms with Gasteiger partial charge >= 0.3 is 0 Å². The van der Waals surface area contributed by atoms with Crippen molar-refractivity contribution in [1.82, 2.24) is 9.97 Å². The summed E-state index contributed by atoms with van der Waals surface area (Å²) in [6.07, 6.45) is 8.26. The van der Waals surface area contributed by atoms with E-state index in [2.05, 4.69) is 36.1 Å². The Morgan fingerprint density at radius 3 is 2.83 bits per heavy atom. The maximum Gasteiger partial charge on any atom is 0.274 e. The maximum absolute atomic E-state index is 13.0. The number of fused-ring (bicyclic) bond motifs is 1. The summed E-state index contributed by atoms with van der Waals surface area (Å²) in [5.41, 5.74) is 10.9. The van der Waals surface area contributed by atoms with E-state index in [9.17, 15) is 4.79 Å². The number of hydrogen-bond donors (Lipinski definition) is 2. The largest absolute Gasteiger partial charge is 0.462 e. The second-order valence-electron chi connectivity index (χ2n) is 8.58. The average molecular weight is 393 g/mol. The predicted octanol–water partition coefficient (Wildman–Crippen LogP) is 4.83. The number of rotatable bonds is 4. The Hall–Kier alpha value is -2.73. The molecule has 3 heterocycles. The van der Waals surface area contributed by atoms with Crippen LogP contribution in [0.5, 0.6) is 0 Å². The van der Waals surface area contributed by atoms with Crippen molar-refractivity contribution in [1.29, 1.82) is 0 Å². The third-order valence-electron chi connectivity index (χ3n) is 5.82. The lowest BCUT2D eigenvalue weighted by molar-refractivity contribution is 0.102. The fourth-order valence-electron chi connectivity index (χ4n) is 4.43. The summed E-state index contributed by atoms with van der Waals surface area (Å²) < 4.78 is 5.57. The first-order chi connectivity index (χ1) is 13.9. The van der Waals surface area contributed by atoms with Crippen molar-refractivity contribution in [2.45, 2.75) is 57.9 Å². The monoisotopic (exact) mass is 392 g/mol. The quantitative estimate of drug-likeness (QED) is 0.663. The molecule has 1 fully saturated rings. The van der Waals surface area contributed by atoms with Crippen molar-refractivity contribution in [3.8, 4) is 0 Å². The predicted molar refractivity (Wildman–Crippen MR) is 114 cm³/mol.